The van der Waals surface area contributed by atoms with Crippen molar-refractivity contribution in [1.82, 2.24) is 4.57 Å². The molecule has 0 amide bonds. The molecule has 4 heteroatoms. The fourth-order valence-electron chi connectivity index (χ4n) is 3.36. The van der Waals surface area contributed by atoms with Gasteiger partial charge in [-0.25, -0.2) is 0 Å². The number of allylic oxidation sites excluding steroid dienone is 1. The fourth-order valence-corrected chi connectivity index (χ4v) is 3.36. The van der Waals surface area contributed by atoms with Crippen molar-refractivity contribution in [3.8, 4) is 11.8 Å². The third-order valence-electron chi connectivity index (χ3n) is 4.18. The first-order chi connectivity index (χ1) is 9.04. The lowest BCUT2D eigenvalue weighted by Gasteiger charge is -2.21. The highest BCUT2D eigenvalue weighted by atomic mass is 16.6. The summed E-state index contributed by atoms with van der Waals surface area (Å²) >= 11 is 0. The number of aromatic hydroxyl groups is 2. The number of fused-ring (bicyclic) bond motifs is 2. The minimum Gasteiger partial charge on any atom is -0.494 e. The Labute approximate surface area is 113 Å². The van der Waals surface area contributed by atoms with Crippen LogP contribution in [0.2, 0.25) is 0 Å². The Morgan fingerprint density at radius 2 is 2.16 bits per heavy atom. The summed E-state index contributed by atoms with van der Waals surface area (Å²) in [6.07, 6.45) is 3.80. The Morgan fingerprint density at radius 3 is 2.79 bits per heavy atom. The van der Waals surface area contributed by atoms with Crippen LogP contribution in [-0.4, -0.2) is 27.0 Å². The molecule has 2 N–H and O–H groups in total. The Hall–Kier alpha value is -1.42. The normalized spacial score (nSPS) is 28.1. The van der Waals surface area contributed by atoms with Crippen molar-refractivity contribution < 1.29 is 14.9 Å². The molecule has 3 unspecified atom stereocenters. The zero-order valence-electron chi connectivity index (χ0n) is 11.5. The van der Waals surface area contributed by atoms with E-state index >= 15 is 0 Å². The van der Waals surface area contributed by atoms with Gasteiger partial charge in [-0.05, 0) is 12.3 Å². The Balaban J connectivity index is 2.05. The van der Waals surface area contributed by atoms with Crippen LogP contribution in [0, 0.1) is 5.92 Å². The summed E-state index contributed by atoms with van der Waals surface area (Å²) in [6, 6.07) is 0. The molecule has 2 heterocycles. The molecular formula is C15H21NO3. The van der Waals surface area contributed by atoms with Crippen LogP contribution >= 0.6 is 0 Å². The van der Waals surface area contributed by atoms with Crippen molar-refractivity contribution in [3.05, 3.63) is 23.8 Å². The summed E-state index contributed by atoms with van der Waals surface area (Å²) in [6.45, 7) is 8.43. The first kappa shape index (κ1) is 12.6. The largest absolute Gasteiger partial charge is 0.494 e. The summed E-state index contributed by atoms with van der Waals surface area (Å²) in [7, 11) is 0. The fraction of sp³-hybridized carbons (Fsp3) is 0.600. The first-order valence-corrected chi connectivity index (χ1v) is 6.94. The minimum absolute atomic E-state index is 0.176. The van der Waals surface area contributed by atoms with Gasteiger partial charge in [0.05, 0.1) is 12.2 Å². The third-order valence-corrected chi connectivity index (χ3v) is 4.18. The summed E-state index contributed by atoms with van der Waals surface area (Å²) in [5.41, 5.74) is 1.76. The number of hydrogen-bond acceptors (Lipinski definition) is 3. The van der Waals surface area contributed by atoms with Gasteiger partial charge in [0.1, 0.15) is 0 Å². The van der Waals surface area contributed by atoms with Crippen molar-refractivity contribution >= 4 is 0 Å². The molecule has 19 heavy (non-hydrogen) atoms. The number of hydrogen-bond donors (Lipinski definition) is 2. The highest BCUT2D eigenvalue weighted by Gasteiger charge is 2.52. The van der Waals surface area contributed by atoms with E-state index in [2.05, 4.69) is 20.4 Å². The average Bonchev–Trinajstić information content (AvgIpc) is 3.08. The van der Waals surface area contributed by atoms with Crippen molar-refractivity contribution in [3.63, 3.8) is 0 Å². The molecule has 0 bridgehead atoms. The molecule has 1 aromatic rings. The number of aromatic nitrogens is 1. The standard InChI is InChI=1S/C15H21NO3/c1-4-5-16-14(17)10-7-11-13(19-11)9(6-8(2)3)12(10)15(16)18/h4,8-9,11,13,17-18H,1,5-7H2,2-3H3. The van der Waals surface area contributed by atoms with Crippen LogP contribution in [0.25, 0.3) is 0 Å². The molecule has 4 nitrogen and oxygen atoms in total. The quantitative estimate of drug-likeness (QED) is 0.648. The lowest BCUT2D eigenvalue weighted by molar-refractivity contribution is 0.326. The predicted octanol–water partition coefficient (Wildman–Crippen LogP) is 2.54. The summed E-state index contributed by atoms with van der Waals surface area (Å²) in [5, 5.41) is 20.7. The second kappa shape index (κ2) is 4.30. The van der Waals surface area contributed by atoms with E-state index < -0.39 is 0 Å². The lowest BCUT2D eigenvalue weighted by Crippen LogP contribution is -2.18. The molecule has 104 valence electrons. The zero-order valence-corrected chi connectivity index (χ0v) is 11.5. The minimum atomic E-state index is 0.176. The van der Waals surface area contributed by atoms with E-state index in [9.17, 15) is 10.2 Å². The maximum absolute atomic E-state index is 10.4. The third kappa shape index (κ3) is 1.86. The van der Waals surface area contributed by atoms with Gasteiger partial charge < -0.3 is 14.9 Å². The van der Waals surface area contributed by atoms with Gasteiger partial charge >= 0.3 is 0 Å². The van der Waals surface area contributed by atoms with E-state index in [-0.39, 0.29) is 29.9 Å². The number of rotatable bonds is 4. The molecule has 0 spiro atoms. The first-order valence-electron chi connectivity index (χ1n) is 6.94. The molecule has 2 aliphatic rings. The Kier molecular flexibility index (Phi) is 2.86. The highest BCUT2D eigenvalue weighted by molar-refractivity contribution is 5.51. The average molecular weight is 263 g/mol. The molecule has 0 aromatic carbocycles. The molecule has 1 fully saturated rings. The Bertz CT molecular complexity index is 518. The molecule has 3 rings (SSSR count). The van der Waals surface area contributed by atoms with E-state index in [1.54, 1.807) is 6.08 Å². The highest BCUT2D eigenvalue weighted by Crippen LogP contribution is 2.53. The topological polar surface area (TPSA) is 57.9 Å². The van der Waals surface area contributed by atoms with E-state index in [1.807, 2.05) is 0 Å². The molecule has 1 aromatic heterocycles. The second-order valence-electron chi connectivity index (χ2n) is 6.02. The van der Waals surface area contributed by atoms with Crippen LogP contribution < -0.4 is 0 Å². The Morgan fingerprint density at radius 1 is 1.42 bits per heavy atom. The maximum atomic E-state index is 10.4. The molecule has 3 atom stereocenters. The molecule has 1 saturated heterocycles. The van der Waals surface area contributed by atoms with E-state index in [1.165, 1.54) is 4.57 Å². The summed E-state index contributed by atoms with van der Waals surface area (Å²) < 4.78 is 7.23. The van der Waals surface area contributed by atoms with Gasteiger partial charge in [0.25, 0.3) is 0 Å². The van der Waals surface area contributed by atoms with Gasteiger partial charge in [-0.2, -0.15) is 0 Å². The van der Waals surface area contributed by atoms with Crippen LogP contribution in [0.15, 0.2) is 12.7 Å². The lowest BCUT2D eigenvalue weighted by atomic mass is 9.80. The molecule has 0 radical (unpaired) electrons. The number of ether oxygens (including phenoxy) is 1. The number of epoxide rings is 1. The van der Waals surface area contributed by atoms with Crippen LogP contribution in [0.1, 0.15) is 37.3 Å². The van der Waals surface area contributed by atoms with Gasteiger partial charge in [-0.3, -0.25) is 4.57 Å². The number of nitrogens with zero attached hydrogens (tertiary/aromatic N) is 1. The van der Waals surface area contributed by atoms with Crippen molar-refractivity contribution in [1.29, 1.82) is 0 Å². The molecule has 0 saturated carbocycles. The van der Waals surface area contributed by atoms with Gasteiger partial charge in [0, 0.05) is 30.0 Å². The predicted molar refractivity (Wildman–Crippen MR) is 72.5 cm³/mol. The summed E-state index contributed by atoms with van der Waals surface area (Å²) in [5.74, 6) is 1.10. The van der Waals surface area contributed by atoms with Gasteiger partial charge in [-0.1, -0.05) is 19.9 Å². The molecule has 1 aliphatic heterocycles. The van der Waals surface area contributed by atoms with Crippen LogP contribution in [0.3, 0.4) is 0 Å². The van der Waals surface area contributed by atoms with E-state index in [0.717, 1.165) is 17.5 Å². The SMILES string of the molecule is C=CCn1c(O)c2c(c1O)C(CC(C)C)C1OC1C2. The van der Waals surface area contributed by atoms with Gasteiger partial charge in [-0.15, -0.1) is 6.58 Å². The monoisotopic (exact) mass is 263 g/mol. The molecular weight excluding hydrogens is 242 g/mol. The van der Waals surface area contributed by atoms with E-state index in [0.29, 0.717) is 18.9 Å². The second-order valence-corrected chi connectivity index (χ2v) is 6.02. The van der Waals surface area contributed by atoms with Crippen molar-refractivity contribution in [2.45, 2.75) is 51.4 Å². The van der Waals surface area contributed by atoms with Crippen LogP contribution in [0.4, 0.5) is 0 Å². The van der Waals surface area contributed by atoms with Gasteiger partial charge in [0.2, 0.25) is 0 Å². The van der Waals surface area contributed by atoms with E-state index in [4.69, 9.17) is 4.74 Å². The van der Waals surface area contributed by atoms with Crippen molar-refractivity contribution in [2.75, 3.05) is 0 Å². The molecule has 1 aliphatic carbocycles. The smallest absolute Gasteiger partial charge is 0.198 e. The maximum Gasteiger partial charge on any atom is 0.198 e. The van der Waals surface area contributed by atoms with Gasteiger partial charge in [0.15, 0.2) is 11.8 Å². The zero-order chi connectivity index (χ0) is 13.7. The van der Waals surface area contributed by atoms with Crippen LogP contribution in [0.5, 0.6) is 11.8 Å². The van der Waals surface area contributed by atoms with Crippen LogP contribution in [-0.2, 0) is 17.7 Å². The summed E-state index contributed by atoms with van der Waals surface area (Å²) in [4.78, 5) is 0. The van der Waals surface area contributed by atoms with Crippen molar-refractivity contribution in [2.24, 2.45) is 5.92 Å².